The van der Waals surface area contributed by atoms with E-state index in [1.165, 1.54) is 48.2 Å². The molecule has 2 aromatic rings. The predicted octanol–water partition coefficient (Wildman–Crippen LogP) is 6.09. The van der Waals surface area contributed by atoms with Crippen molar-refractivity contribution in [2.75, 3.05) is 49.5 Å². The van der Waals surface area contributed by atoms with Gasteiger partial charge < -0.3 is 20.0 Å². The minimum Gasteiger partial charge on any atom is -0.371 e. The van der Waals surface area contributed by atoms with Crippen LogP contribution < -0.4 is 10.2 Å². The molecule has 0 fully saturated rings. The highest BCUT2D eigenvalue weighted by Crippen LogP contribution is 2.28. The Morgan fingerprint density at radius 3 is 2.58 bits per heavy atom. The quantitative estimate of drug-likeness (QED) is 0.404. The zero-order valence-electron chi connectivity index (χ0n) is 21.1. The molecule has 0 spiro atoms. The molecule has 33 heavy (non-hydrogen) atoms. The second kappa shape index (κ2) is 13.0. The fraction of sp³-hybridized carbons (Fsp3) is 0.536. The molecule has 0 saturated heterocycles. The molecule has 1 aliphatic heterocycles. The minimum atomic E-state index is 0.814. The molecule has 3 rings (SSSR count). The molecular weight excluding hydrogens is 424 g/mol. The molecule has 0 aromatic heterocycles. The predicted molar refractivity (Wildman–Crippen MR) is 147 cm³/mol. The Morgan fingerprint density at radius 1 is 1.06 bits per heavy atom. The van der Waals surface area contributed by atoms with Crippen LogP contribution in [0.1, 0.15) is 56.7 Å². The molecule has 4 nitrogen and oxygen atoms in total. The van der Waals surface area contributed by atoms with Crippen molar-refractivity contribution >= 4 is 28.7 Å². The first kappa shape index (κ1) is 25.5. The van der Waals surface area contributed by atoms with Gasteiger partial charge in [-0.15, -0.1) is 0 Å². The zero-order valence-corrected chi connectivity index (χ0v) is 21.9. The molecule has 0 aliphatic carbocycles. The fourth-order valence-electron chi connectivity index (χ4n) is 4.73. The van der Waals surface area contributed by atoms with Crippen molar-refractivity contribution in [3.8, 4) is 0 Å². The monoisotopic (exact) mass is 466 g/mol. The molecule has 0 unspecified atom stereocenters. The summed E-state index contributed by atoms with van der Waals surface area (Å²) < 4.78 is 0. The van der Waals surface area contributed by atoms with Crippen LogP contribution in [0.3, 0.4) is 0 Å². The van der Waals surface area contributed by atoms with Crippen LogP contribution in [0.5, 0.6) is 0 Å². The van der Waals surface area contributed by atoms with Gasteiger partial charge in [-0.05, 0) is 93.3 Å². The lowest BCUT2D eigenvalue weighted by molar-refractivity contribution is 0.281. The molecule has 0 saturated carbocycles. The molecule has 0 amide bonds. The van der Waals surface area contributed by atoms with Crippen molar-refractivity contribution in [1.29, 1.82) is 0 Å². The summed E-state index contributed by atoms with van der Waals surface area (Å²) >= 11 is 5.92. The number of rotatable bonds is 11. The molecule has 1 heterocycles. The number of anilines is 2. The van der Waals surface area contributed by atoms with E-state index in [-0.39, 0.29) is 0 Å². The Balaban J connectivity index is 1.74. The summed E-state index contributed by atoms with van der Waals surface area (Å²) in [5.74, 6) is 0. The van der Waals surface area contributed by atoms with Gasteiger partial charge in [-0.1, -0.05) is 51.1 Å². The van der Waals surface area contributed by atoms with Crippen molar-refractivity contribution in [2.45, 2.75) is 59.9 Å². The Kier molecular flexibility index (Phi) is 10.0. The van der Waals surface area contributed by atoms with Crippen LogP contribution in [0.2, 0.25) is 0 Å². The summed E-state index contributed by atoms with van der Waals surface area (Å²) in [6, 6.07) is 15.4. The zero-order chi connectivity index (χ0) is 23.6. The van der Waals surface area contributed by atoms with E-state index < -0.39 is 0 Å². The first-order valence-corrected chi connectivity index (χ1v) is 13.2. The summed E-state index contributed by atoms with van der Waals surface area (Å²) in [4.78, 5) is 7.38. The van der Waals surface area contributed by atoms with Crippen LogP contribution >= 0.6 is 12.2 Å². The highest BCUT2D eigenvalue weighted by Gasteiger charge is 2.18. The summed E-state index contributed by atoms with van der Waals surface area (Å²) in [6.07, 6.45) is 4.72. The third-order valence-electron chi connectivity index (χ3n) is 6.70. The minimum absolute atomic E-state index is 0.814. The smallest absolute Gasteiger partial charge is 0.173 e. The van der Waals surface area contributed by atoms with Gasteiger partial charge in [0.15, 0.2) is 5.11 Å². The number of hydrogen-bond donors (Lipinski definition) is 1. The second-order valence-electron chi connectivity index (χ2n) is 9.10. The summed E-state index contributed by atoms with van der Waals surface area (Å²) in [5.41, 5.74) is 6.59. The van der Waals surface area contributed by atoms with Crippen LogP contribution in [0, 0.1) is 6.92 Å². The van der Waals surface area contributed by atoms with Crippen LogP contribution in [0.4, 0.5) is 11.4 Å². The molecule has 5 heteroatoms. The standard InChI is InChI=1S/C28H42N4S/c1-5-17-31-19-10-13-25-21-24(15-16-27(25)31)22-32(20-11-18-30(6-2)7-3)28(33)29-26-14-9-8-12-23(26)4/h8-9,12,14-16,21H,5-7,10-11,13,17-20,22H2,1-4H3,(H,29,33). The fourth-order valence-corrected chi connectivity index (χ4v) is 5.00. The third kappa shape index (κ3) is 7.18. The maximum Gasteiger partial charge on any atom is 0.173 e. The average Bonchev–Trinajstić information content (AvgIpc) is 2.82. The third-order valence-corrected chi connectivity index (χ3v) is 7.06. The maximum atomic E-state index is 5.92. The molecular formula is C28H42N4S. The van der Waals surface area contributed by atoms with E-state index in [4.69, 9.17) is 12.2 Å². The van der Waals surface area contributed by atoms with E-state index in [9.17, 15) is 0 Å². The summed E-state index contributed by atoms with van der Waals surface area (Å²) in [7, 11) is 0. The Bertz CT molecular complexity index is 893. The first-order chi connectivity index (χ1) is 16.0. The largest absolute Gasteiger partial charge is 0.371 e. The lowest BCUT2D eigenvalue weighted by atomic mass is 9.98. The Morgan fingerprint density at radius 2 is 1.85 bits per heavy atom. The molecule has 180 valence electrons. The topological polar surface area (TPSA) is 21.8 Å². The van der Waals surface area contributed by atoms with E-state index in [1.54, 1.807) is 0 Å². The lowest BCUT2D eigenvalue weighted by Gasteiger charge is -2.32. The normalized spacial score (nSPS) is 13.2. The number of thiocarbonyl (C=S) groups is 1. The van der Waals surface area contributed by atoms with Crippen molar-refractivity contribution in [1.82, 2.24) is 9.80 Å². The number of nitrogens with zero attached hydrogens (tertiary/aromatic N) is 3. The van der Waals surface area contributed by atoms with E-state index in [0.717, 1.165) is 56.5 Å². The number of aryl methyl sites for hydroxylation is 2. The number of fused-ring (bicyclic) bond motifs is 1. The van der Waals surface area contributed by atoms with Gasteiger partial charge in [-0.3, -0.25) is 0 Å². The van der Waals surface area contributed by atoms with Crippen LogP contribution in [-0.4, -0.2) is 54.2 Å². The molecule has 0 bridgehead atoms. The maximum absolute atomic E-state index is 5.92. The van der Waals surface area contributed by atoms with Gasteiger partial charge in [-0.2, -0.15) is 0 Å². The first-order valence-electron chi connectivity index (χ1n) is 12.8. The van der Waals surface area contributed by atoms with Gasteiger partial charge >= 0.3 is 0 Å². The highest BCUT2D eigenvalue weighted by molar-refractivity contribution is 7.80. The van der Waals surface area contributed by atoms with Gasteiger partial charge in [0.1, 0.15) is 0 Å². The second-order valence-corrected chi connectivity index (χ2v) is 9.49. The van der Waals surface area contributed by atoms with E-state index in [2.05, 4.69) is 90.2 Å². The molecule has 0 atom stereocenters. The van der Waals surface area contributed by atoms with Crippen molar-refractivity contribution in [2.24, 2.45) is 0 Å². The average molecular weight is 467 g/mol. The van der Waals surface area contributed by atoms with Crippen molar-refractivity contribution in [3.05, 3.63) is 59.2 Å². The number of para-hydroxylation sites is 1. The summed E-state index contributed by atoms with van der Waals surface area (Å²) in [6.45, 7) is 16.3. The number of nitrogens with one attached hydrogen (secondary N) is 1. The highest BCUT2D eigenvalue weighted by atomic mass is 32.1. The van der Waals surface area contributed by atoms with Gasteiger partial charge in [-0.25, -0.2) is 0 Å². The Hall–Kier alpha value is -2.11. The SMILES string of the molecule is CCCN1CCCc2cc(CN(CCCN(CC)CC)C(=S)Nc3ccccc3C)ccc21. The lowest BCUT2D eigenvalue weighted by Crippen LogP contribution is -2.37. The van der Waals surface area contributed by atoms with E-state index >= 15 is 0 Å². The van der Waals surface area contributed by atoms with Crippen molar-refractivity contribution in [3.63, 3.8) is 0 Å². The van der Waals surface area contributed by atoms with Gasteiger partial charge in [0.05, 0.1) is 0 Å². The van der Waals surface area contributed by atoms with E-state index in [1.807, 2.05) is 0 Å². The van der Waals surface area contributed by atoms with Gasteiger partial charge in [0, 0.05) is 37.6 Å². The Labute approximate surface area is 207 Å². The van der Waals surface area contributed by atoms with Gasteiger partial charge in [0.25, 0.3) is 0 Å². The van der Waals surface area contributed by atoms with E-state index in [0.29, 0.717) is 0 Å². The molecule has 1 N–H and O–H groups in total. The number of hydrogen-bond acceptors (Lipinski definition) is 3. The van der Waals surface area contributed by atoms with Crippen molar-refractivity contribution < 1.29 is 0 Å². The number of benzene rings is 2. The van der Waals surface area contributed by atoms with Crippen LogP contribution in [0.15, 0.2) is 42.5 Å². The molecule has 1 aliphatic rings. The van der Waals surface area contributed by atoms with Crippen LogP contribution in [0.25, 0.3) is 0 Å². The van der Waals surface area contributed by atoms with Crippen LogP contribution in [-0.2, 0) is 13.0 Å². The summed E-state index contributed by atoms with van der Waals surface area (Å²) in [5, 5.41) is 4.33. The molecule has 2 aromatic carbocycles. The molecule has 0 radical (unpaired) electrons. The van der Waals surface area contributed by atoms with Gasteiger partial charge in [0.2, 0.25) is 0 Å².